The van der Waals surface area contributed by atoms with Gasteiger partial charge in [-0.25, -0.2) is 0 Å². The molecule has 5 rings (SSSR count). The number of fused-ring (bicyclic) bond motifs is 3. The third kappa shape index (κ3) is 2.65. The molecule has 1 spiro atoms. The van der Waals surface area contributed by atoms with Crippen LogP contribution >= 0.6 is 0 Å². The molecule has 1 aromatic rings. The number of amides is 2. The zero-order valence-corrected chi connectivity index (χ0v) is 15.2. The van der Waals surface area contributed by atoms with Gasteiger partial charge in [0.1, 0.15) is 5.75 Å². The third-order valence-electron chi connectivity index (χ3n) is 6.10. The zero-order valence-electron chi connectivity index (χ0n) is 15.2. The molecule has 136 valence electrons. The standard InChI is InChI=1S/C21H24N2O3/c1-4-20(2,3)22-19(25)16-11-14-10-9-13(16)12-21(14)23-18(24)15-7-5-6-8-17(15)26-21/h1,5-8,13-14,16H,9-12H2,2-3H3,(H,22,25)(H,23,24)/t13-,14+,16+,21+/m0/s1. The summed E-state index contributed by atoms with van der Waals surface area (Å²) >= 11 is 0. The summed E-state index contributed by atoms with van der Waals surface area (Å²) in [7, 11) is 0. The molecule has 5 heteroatoms. The molecular weight excluding hydrogens is 328 g/mol. The topological polar surface area (TPSA) is 67.4 Å². The zero-order chi connectivity index (χ0) is 18.5. The van der Waals surface area contributed by atoms with Crippen LogP contribution in [0, 0.1) is 30.1 Å². The number of carbonyl (C=O) groups excluding carboxylic acids is 2. The van der Waals surface area contributed by atoms with Gasteiger partial charge in [0.2, 0.25) is 5.91 Å². The van der Waals surface area contributed by atoms with Crippen LogP contribution in [0.4, 0.5) is 0 Å². The van der Waals surface area contributed by atoms with Crippen LogP contribution in [0.3, 0.4) is 0 Å². The van der Waals surface area contributed by atoms with Crippen LogP contribution in [0.5, 0.6) is 5.75 Å². The molecule has 4 aliphatic rings. The Kier molecular flexibility index (Phi) is 3.76. The maximum Gasteiger partial charge on any atom is 0.258 e. The van der Waals surface area contributed by atoms with E-state index < -0.39 is 11.3 Å². The minimum absolute atomic E-state index is 0.0139. The van der Waals surface area contributed by atoms with E-state index in [1.807, 2.05) is 32.0 Å². The number of benzene rings is 1. The molecule has 0 aromatic heterocycles. The first-order valence-corrected chi connectivity index (χ1v) is 9.24. The van der Waals surface area contributed by atoms with Crippen LogP contribution in [-0.4, -0.2) is 23.1 Å². The Morgan fingerprint density at radius 3 is 2.85 bits per heavy atom. The van der Waals surface area contributed by atoms with E-state index in [9.17, 15) is 9.59 Å². The molecule has 0 saturated heterocycles. The first kappa shape index (κ1) is 17.0. The van der Waals surface area contributed by atoms with Crippen LogP contribution in [0.2, 0.25) is 0 Å². The lowest BCUT2D eigenvalue weighted by atomic mass is 9.59. The number of terminal acetylenes is 1. The van der Waals surface area contributed by atoms with Gasteiger partial charge >= 0.3 is 0 Å². The van der Waals surface area contributed by atoms with E-state index in [4.69, 9.17) is 11.2 Å². The molecule has 1 heterocycles. The number of nitrogens with one attached hydrogen (secondary N) is 2. The van der Waals surface area contributed by atoms with Gasteiger partial charge in [0.15, 0.2) is 5.72 Å². The fourth-order valence-corrected chi connectivity index (χ4v) is 4.72. The van der Waals surface area contributed by atoms with Crippen LogP contribution in [0.15, 0.2) is 24.3 Å². The van der Waals surface area contributed by atoms with Crippen molar-refractivity contribution < 1.29 is 14.3 Å². The average Bonchev–Trinajstić information content (AvgIpc) is 2.61. The number of hydrogen-bond donors (Lipinski definition) is 2. The Balaban J connectivity index is 1.56. The Labute approximate surface area is 153 Å². The average molecular weight is 352 g/mol. The molecule has 3 saturated carbocycles. The number of carbonyl (C=O) groups is 2. The predicted octanol–water partition coefficient (Wildman–Crippen LogP) is 2.47. The summed E-state index contributed by atoms with van der Waals surface area (Å²) in [6.45, 7) is 3.66. The van der Waals surface area contributed by atoms with E-state index in [0.29, 0.717) is 24.2 Å². The highest BCUT2D eigenvalue weighted by Gasteiger charge is 2.57. The largest absolute Gasteiger partial charge is 0.467 e. The summed E-state index contributed by atoms with van der Waals surface area (Å²) in [5, 5.41) is 6.09. The molecule has 26 heavy (non-hydrogen) atoms. The number of para-hydroxylation sites is 1. The van der Waals surface area contributed by atoms with Gasteiger partial charge in [0.25, 0.3) is 5.91 Å². The first-order chi connectivity index (χ1) is 12.3. The van der Waals surface area contributed by atoms with Gasteiger partial charge in [-0.15, -0.1) is 6.42 Å². The van der Waals surface area contributed by atoms with Gasteiger partial charge in [0.05, 0.1) is 11.1 Å². The second-order valence-corrected chi connectivity index (χ2v) is 8.28. The molecule has 2 amide bonds. The van der Waals surface area contributed by atoms with Crippen molar-refractivity contribution in [2.45, 2.75) is 50.8 Å². The minimum Gasteiger partial charge on any atom is -0.467 e. The fourth-order valence-electron chi connectivity index (χ4n) is 4.72. The lowest BCUT2D eigenvalue weighted by Crippen LogP contribution is -2.67. The fraction of sp³-hybridized carbons (Fsp3) is 0.524. The highest BCUT2D eigenvalue weighted by Crippen LogP contribution is 2.52. The summed E-state index contributed by atoms with van der Waals surface area (Å²) in [6.07, 6.45) is 8.79. The van der Waals surface area contributed by atoms with E-state index in [1.54, 1.807) is 6.07 Å². The van der Waals surface area contributed by atoms with Crippen LogP contribution in [0.1, 0.15) is 49.9 Å². The van der Waals surface area contributed by atoms with Gasteiger partial charge in [0, 0.05) is 18.3 Å². The Bertz CT molecular complexity index is 810. The van der Waals surface area contributed by atoms with Crippen LogP contribution in [0.25, 0.3) is 0 Å². The smallest absolute Gasteiger partial charge is 0.258 e. The van der Waals surface area contributed by atoms with Crippen molar-refractivity contribution in [2.24, 2.45) is 17.8 Å². The third-order valence-corrected chi connectivity index (χ3v) is 6.10. The van der Waals surface area contributed by atoms with Crippen LogP contribution in [-0.2, 0) is 4.79 Å². The maximum atomic E-state index is 12.8. The molecule has 2 N–H and O–H groups in total. The van der Waals surface area contributed by atoms with Gasteiger partial charge in [-0.1, -0.05) is 18.1 Å². The normalized spacial score (nSPS) is 32.2. The number of ether oxygens (including phenoxy) is 1. The highest BCUT2D eigenvalue weighted by molar-refractivity contribution is 5.98. The quantitative estimate of drug-likeness (QED) is 0.804. The van der Waals surface area contributed by atoms with Crippen LogP contribution < -0.4 is 15.4 Å². The second kappa shape index (κ2) is 5.77. The van der Waals surface area contributed by atoms with Gasteiger partial charge in [-0.2, -0.15) is 0 Å². The molecule has 0 unspecified atom stereocenters. The van der Waals surface area contributed by atoms with E-state index in [0.717, 1.165) is 12.8 Å². The van der Waals surface area contributed by atoms with Gasteiger partial charge < -0.3 is 15.4 Å². The SMILES string of the molecule is C#CC(C)(C)NC(=O)[C@@H]1C[C@H]2CC[C@H]1C[C@]21NC(=O)c2ccccc2O1. The molecular formula is C21H24N2O3. The molecule has 4 atom stereocenters. The highest BCUT2D eigenvalue weighted by atomic mass is 16.5. The van der Waals surface area contributed by atoms with Crippen molar-refractivity contribution in [3.8, 4) is 18.1 Å². The Morgan fingerprint density at radius 2 is 2.15 bits per heavy atom. The van der Waals surface area contributed by atoms with Crippen molar-refractivity contribution in [3.63, 3.8) is 0 Å². The van der Waals surface area contributed by atoms with Crippen molar-refractivity contribution in [1.82, 2.24) is 10.6 Å². The number of rotatable bonds is 2. The lowest BCUT2D eigenvalue weighted by molar-refractivity contribution is -0.147. The van der Waals surface area contributed by atoms with Crippen molar-refractivity contribution in [2.75, 3.05) is 0 Å². The van der Waals surface area contributed by atoms with E-state index >= 15 is 0 Å². The van der Waals surface area contributed by atoms with Crippen molar-refractivity contribution in [1.29, 1.82) is 0 Å². The summed E-state index contributed by atoms with van der Waals surface area (Å²) in [6, 6.07) is 7.33. The molecule has 5 nitrogen and oxygen atoms in total. The Morgan fingerprint density at radius 1 is 1.38 bits per heavy atom. The summed E-state index contributed by atoms with van der Waals surface area (Å²) < 4.78 is 6.32. The molecule has 2 bridgehead atoms. The summed E-state index contributed by atoms with van der Waals surface area (Å²) in [5.41, 5.74) is -0.767. The Hall–Kier alpha value is -2.48. The van der Waals surface area contributed by atoms with E-state index in [2.05, 4.69) is 16.6 Å². The van der Waals surface area contributed by atoms with Crippen molar-refractivity contribution in [3.05, 3.63) is 29.8 Å². The summed E-state index contributed by atoms with van der Waals surface area (Å²) in [4.78, 5) is 25.3. The van der Waals surface area contributed by atoms with Gasteiger partial charge in [-0.3, -0.25) is 9.59 Å². The molecule has 1 aromatic carbocycles. The lowest BCUT2D eigenvalue weighted by Gasteiger charge is -2.55. The second-order valence-electron chi connectivity index (χ2n) is 8.28. The molecule has 0 radical (unpaired) electrons. The summed E-state index contributed by atoms with van der Waals surface area (Å²) in [5.74, 6) is 3.40. The maximum absolute atomic E-state index is 12.8. The minimum atomic E-state index is -0.688. The molecule has 3 fully saturated rings. The predicted molar refractivity (Wildman–Crippen MR) is 97.3 cm³/mol. The monoisotopic (exact) mass is 352 g/mol. The number of hydrogen-bond acceptors (Lipinski definition) is 3. The molecule has 3 aliphatic carbocycles. The van der Waals surface area contributed by atoms with E-state index in [-0.39, 0.29) is 29.6 Å². The molecule has 1 aliphatic heterocycles. The van der Waals surface area contributed by atoms with Crippen molar-refractivity contribution >= 4 is 11.8 Å². The first-order valence-electron chi connectivity index (χ1n) is 9.24. The van der Waals surface area contributed by atoms with Gasteiger partial charge in [-0.05, 0) is 51.2 Å². The van der Waals surface area contributed by atoms with E-state index in [1.165, 1.54) is 0 Å².